The highest BCUT2D eigenvalue weighted by atomic mass is 16.5. The summed E-state index contributed by atoms with van der Waals surface area (Å²) in [4.78, 5) is 4.39. The Bertz CT molecular complexity index is 524. The van der Waals surface area contributed by atoms with Crippen molar-refractivity contribution in [3.05, 3.63) is 48.0 Å². The van der Waals surface area contributed by atoms with Gasteiger partial charge in [-0.2, -0.15) is 0 Å². The predicted octanol–water partition coefficient (Wildman–Crippen LogP) is 1.66. The largest absolute Gasteiger partial charge is 0.496 e. The molecule has 0 saturated heterocycles. The van der Waals surface area contributed by atoms with Crippen LogP contribution in [0.4, 0.5) is 0 Å². The molecule has 2 aromatic rings. The van der Waals surface area contributed by atoms with Crippen LogP contribution in [0, 0.1) is 0 Å². The lowest BCUT2D eigenvalue weighted by atomic mass is 10.0. The monoisotopic (exact) mass is 260 g/mol. The summed E-state index contributed by atoms with van der Waals surface area (Å²) in [5.74, 6) is 7.50. The van der Waals surface area contributed by atoms with Gasteiger partial charge in [-0.3, -0.25) is 5.84 Å². The molecule has 0 spiro atoms. The van der Waals surface area contributed by atoms with Crippen LogP contribution in [0.25, 0.3) is 0 Å². The van der Waals surface area contributed by atoms with Gasteiger partial charge in [-0.1, -0.05) is 18.2 Å². The van der Waals surface area contributed by atoms with Crippen LogP contribution in [0.1, 0.15) is 24.4 Å². The van der Waals surface area contributed by atoms with E-state index in [0.29, 0.717) is 0 Å². The maximum absolute atomic E-state index is 5.68. The molecule has 0 aliphatic carbocycles. The Balaban J connectivity index is 2.24. The first kappa shape index (κ1) is 13.6. The van der Waals surface area contributed by atoms with E-state index >= 15 is 0 Å². The molecule has 0 amide bonds. The number of hydrazine groups is 1. The summed E-state index contributed by atoms with van der Waals surface area (Å²) in [6, 6.07) is 7.92. The number of aromatic nitrogens is 2. The van der Waals surface area contributed by atoms with Crippen LogP contribution in [0.3, 0.4) is 0 Å². The fourth-order valence-corrected chi connectivity index (χ4v) is 2.21. The maximum atomic E-state index is 5.68. The summed E-state index contributed by atoms with van der Waals surface area (Å²) < 4.78 is 7.45. The van der Waals surface area contributed by atoms with Gasteiger partial charge < -0.3 is 9.30 Å². The van der Waals surface area contributed by atoms with Gasteiger partial charge in [-0.25, -0.2) is 10.4 Å². The molecular weight excluding hydrogens is 240 g/mol. The summed E-state index contributed by atoms with van der Waals surface area (Å²) in [6.07, 6.45) is 4.49. The fourth-order valence-electron chi connectivity index (χ4n) is 2.21. The van der Waals surface area contributed by atoms with E-state index in [2.05, 4.69) is 21.9 Å². The SMILES string of the molecule is CCn1ccnc1C(Cc1ccccc1OC)NN. The van der Waals surface area contributed by atoms with Gasteiger partial charge in [0.05, 0.1) is 13.2 Å². The predicted molar refractivity (Wildman–Crippen MR) is 74.7 cm³/mol. The average molecular weight is 260 g/mol. The van der Waals surface area contributed by atoms with Crippen molar-refractivity contribution in [3.8, 4) is 5.75 Å². The van der Waals surface area contributed by atoms with Crippen LogP contribution in [-0.2, 0) is 13.0 Å². The number of rotatable bonds is 6. The Morgan fingerprint density at radius 3 is 2.89 bits per heavy atom. The van der Waals surface area contributed by atoms with Crippen LogP contribution < -0.4 is 16.0 Å². The molecule has 1 heterocycles. The third kappa shape index (κ3) is 2.94. The van der Waals surface area contributed by atoms with Gasteiger partial charge in [-0.15, -0.1) is 0 Å². The molecule has 0 aliphatic rings. The minimum Gasteiger partial charge on any atom is -0.496 e. The van der Waals surface area contributed by atoms with Crippen molar-refractivity contribution in [2.45, 2.75) is 25.9 Å². The molecular formula is C14H20N4O. The number of hydrogen-bond donors (Lipinski definition) is 2. The minimum absolute atomic E-state index is 0.0359. The van der Waals surface area contributed by atoms with E-state index in [4.69, 9.17) is 10.6 Å². The highest BCUT2D eigenvalue weighted by molar-refractivity contribution is 5.34. The first-order chi connectivity index (χ1) is 9.30. The smallest absolute Gasteiger partial charge is 0.127 e. The second kappa shape index (κ2) is 6.36. The summed E-state index contributed by atoms with van der Waals surface area (Å²) >= 11 is 0. The van der Waals surface area contributed by atoms with Gasteiger partial charge in [-0.05, 0) is 25.0 Å². The number of para-hydroxylation sites is 1. The normalized spacial score (nSPS) is 12.4. The molecule has 102 valence electrons. The number of methoxy groups -OCH3 is 1. The lowest BCUT2D eigenvalue weighted by molar-refractivity contribution is 0.403. The maximum Gasteiger partial charge on any atom is 0.127 e. The van der Waals surface area contributed by atoms with Gasteiger partial charge >= 0.3 is 0 Å². The highest BCUT2D eigenvalue weighted by Gasteiger charge is 2.17. The van der Waals surface area contributed by atoms with Gasteiger partial charge in [0.25, 0.3) is 0 Å². The molecule has 1 unspecified atom stereocenters. The second-order valence-corrected chi connectivity index (χ2v) is 4.31. The molecule has 0 radical (unpaired) electrons. The Labute approximate surface area is 113 Å². The Morgan fingerprint density at radius 1 is 1.42 bits per heavy atom. The number of ether oxygens (including phenoxy) is 1. The van der Waals surface area contributed by atoms with Crippen molar-refractivity contribution in [1.29, 1.82) is 0 Å². The van der Waals surface area contributed by atoms with E-state index in [1.165, 1.54) is 0 Å². The first-order valence-electron chi connectivity index (χ1n) is 6.39. The van der Waals surface area contributed by atoms with Crippen molar-refractivity contribution in [2.24, 2.45) is 5.84 Å². The van der Waals surface area contributed by atoms with Crippen LogP contribution in [-0.4, -0.2) is 16.7 Å². The Kier molecular flexibility index (Phi) is 4.54. The standard InChI is InChI=1S/C14H20N4O/c1-3-18-9-8-16-14(18)12(17-15)10-11-6-4-5-7-13(11)19-2/h4-9,12,17H,3,10,15H2,1-2H3. The van der Waals surface area contributed by atoms with E-state index in [1.807, 2.05) is 30.5 Å². The van der Waals surface area contributed by atoms with Crippen LogP contribution >= 0.6 is 0 Å². The minimum atomic E-state index is -0.0359. The fraction of sp³-hybridized carbons (Fsp3) is 0.357. The van der Waals surface area contributed by atoms with Gasteiger partial charge in [0.1, 0.15) is 11.6 Å². The molecule has 0 fully saturated rings. The molecule has 1 atom stereocenters. The lowest BCUT2D eigenvalue weighted by Gasteiger charge is -2.18. The average Bonchev–Trinajstić information content (AvgIpc) is 2.93. The highest BCUT2D eigenvalue weighted by Crippen LogP contribution is 2.23. The van der Waals surface area contributed by atoms with Crippen molar-refractivity contribution in [3.63, 3.8) is 0 Å². The quantitative estimate of drug-likeness (QED) is 0.612. The van der Waals surface area contributed by atoms with Gasteiger partial charge in [0.15, 0.2) is 0 Å². The van der Waals surface area contributed by atoms with Gasteiger partial charge in [0, 0.05) is 18.9 Å². The molecule has 3 N–H and O–H groups in total. The zero-order chi connectivity index (χ0) is 13.7. The zero-order valence-electron chi connectivity index (χ0n) is 11.3. The topological polar surface area (TPSA) is 65.1 Å². The third-order valence-corrected chi connectivity index (χ3v) is 3.22. The molecule has 1 aromatic heterocycles. The van der Waals surface area contributed by atoms with E-state index < -0.39 is 0 Å². The molecule has 1 aromatic carbocycles. The summed E-state index contributed by atoms with van der Waals surface area (Å²) in [7, 11) is 1.68. The first-order valence-corrected chi connectivity index (χ1v) is 6.39. The summed E-state index contributed by atoms with van der Waals surface area (Å²) in [5.41, 5.74) is 3.95. The molecule has 5 nitrogen and oxygen atoms in total. The summed E-state index contributed by atoms with van der Waals surface area (Å²) in [6.45, 7) is 2.96. The molecule has 5 heteroatoms. The number of imidazole rings is 1. The Morgan fingerprint density at radius 2 is 2.21 bits per heavy atom. The van der Waals surface area contributed by atoms with E-state index in [1.54, 1.807) is 13.3 Å². The zero-order valence-corrected chi connectivity index (χ0v) is 11.3. The van der Waals surface area contributed by atoms with Crippen molar-refractivity contribution in [1.82, 2.24) is 15.0 Å². The number of nitrogens with zero attached hydrogens (tertiary/aromatic N) is 2. The van der Waals surface area contributed by atoms with Crippen molar-refractivity contribution >= 4 is 0 Å². The van der Waals surface area contributed by atoms with E-state index in [0.717, 1.165) is 30.1 Å². The molecule has 0 bridgehead atoms. The molecule has 19 heavy (non-hydrogen) atoms. The molecule has 0 aliphatic heterocycles. The molecule has 2 rings (SSSR count). The van der Waals surface area contributed by atoms with Crippen molar-refractivity contribution < 1.29 is 4.74 Å². The van der Waals surface area contributed by atoms with Gasteiger partial charge in [0.2, 0.25) is 0 Å². The van der Waals surface area contributed by atoms with Crippen LogP contribution in [0.2, 0.25) is 0 Å². The number of benzene rings is 1. The summed E-state index contributed by atoms with van der Waals surface area (Å²) in [5, 5.41) is 0. The lowest BCUT2D eigenvalue weighted by Crippen LogP contribution is -2.31. The number of aryl methyl sites for hydroxylation is 1. The molecule has 0 saturated carbocycles. The van der Waals surface area contributed by atoms with Crippen LogP contribution in [0.5, 0.6) is 5.75 Å². The van der Waals surface area contributed by atoms with Crippen molar-refractivity contribution in [2.75, 3.05) is 7.11 Å². The number of hydrogen-bond acceptors (Lipinski definition) is 4. The third-order valence-electron chi connectivity index (χ3n) is 3.22. The number of nitrogens with one attached hydrogen (secondary N) is 1. The number of nitrogens with two attached hydrogens (primary N) is 1. The van der Waals surface area contributed by atoms with Crippen LogP contribution in [0.15, 0.2) is 36.7 Å². The van der Waals surface area contributed by atoms with E-state index in [9.17, 15) is 0 Å². The Hall–Kier alpha value is -1.85. The second-order valence-electron chi connectivity index (χ2n) is 4.31. The van der Waals surface area contributed by atoms with E-state index in [-0.39, 0.29) is 6.04 Å².